The lowest BCUT2D eigenvalue weighted by molar-refractivity contribution is 0.0698. The smallest absolute Gasteiger partial charge is 0.337 e. The largest absolute Gasteiger partial charge is 0.478 e. The minimum atomic E-state index is -1.06. The topological polar surface area (TPSA) is 112 Å². The minimum absolute atomic E-state index is 0.0898. The number of anilines is 1. The summed E-state index contributed by atoms with van der Waals surface area (Å²) in [4.78, 5) is 20.8. The summed E-state index contributed by atoms with van der Waals surface area (Å²) in [6.07, 6.45) is 0. The van der Waals surface area contributed by atoms with Crippen LogP contribution in [0, 0.1) is 0 Å². The lowest BCUT2D eigenvalue weighted by Crippen LogP contribution is -2.05. The first-order chi connectivity index (χ1) is 18.7. The molecule has 184 valence electrons. The molecule has 8 nitrogen and oxygen atoms in total. The molecular weight excluding hydrogens is 476 g/mol. The first kappa shape index (κ1) is 24.2. The highest BCUT2D eigenvalue weighted by molar-refractivity contribution is 6.00. The van der Waals surface area contributed by atoms with Crippen molar-refractivity contribution in [2.75, 3.05) is 5.43 Å². The van der Waals surface area contributed by atoms with Gasteiger partial charge in [-0.2, -0.15) is 5.10 Å². The zero-order chi connectivity index (χ0) is 26.2. The van der Waals surface area contributed by atoms with Gasteiger partial charge in [-0.1, -0.05) is 103 Å². The normalized spacial score (nSPS) is 11.4. The van der Waals surface area contributed by atoms with Crippen LogP contribution in [-0.4, -0.2) is 26.9 Å². The molecular formula is C30H22N6O2. The molecule has 0 saturated heterocycles. The number of hydrogen-bond donors (Lipinski definition) is 2. The number of amidine groups is 1. The van der Waals surface area contributed by atoms with E-state index in [0.29, 0.717) is 22.6 Å². The van der Waals surface area contributed by atoms with Gasteiger partial charge in [-0.25, -0.2) is 14.8 Å². The number of hydrogen-bond acceptors (Lipinski definition) is 6. The first-order valence-corrected chi connectivity index (χ1v) is 11.8. The van der Waals surface area contributed by atoms with E-state index < -0.39 is 5.97 Å². The molecule has 0 aliphatic rings. The minimum Gasteiger partial charge on any atom is -0.478 e. The maximum atomic E-state index is 11.6. The number of aromatic carboxylic acids is 1. The summed E-state index contributed by atoms with van der Waals surface area (Å²) in [5, 5.41) is 22.6. The van der Waals surface area contributed by atoms with E-state index in [2.05, 4.69) is 30.7 Å². The van der Waals surface area contributed by atoms with Crippen molar-refractivity contribution >= 4 is 23.4 Å². The number of benzene rings is 4. The Morgan fingerprint density at radius 2 is 1.21 bits per heavy atom. The van der Waals surface area contributed by atoms with Gasteiger partial charge in [-0.3, -0.25) is 5.43 Å². The molecule has 5 aromatic rings. The highest BCUT2D eigenvalue weighted by Crippen LogP contribution is 2.26. The van der Waals surface area contributed by atoms with E-state index in [-0.39, 0.29) is 17.3 Å². The number of para-hydroxylation sites is 1. The molecule has 0 aliphatic heterocycles. The third kappa shape index (κ3) is 5.83. The van der Waals surface area contributed by atoms with Gasteiger partial charge in [-0.05, 0) is 18.2 Å². The number of azo groups is 1. The highest BCUT2D eigenvalue weighted by atomic mass is 16.4. The van der Waals surface area contributed by atoms with Gasteiger partial charge in [0.15, 0.2) is 0 Å². The van der Waals surface area contributed by atoms with Crippen molar-refractivity contribution in [3.63, 3.8) is 0 Å². The van der Waals surface area contributed by atoms with Crippen molar-refractivity contribution in [1.29, 1.82) is 0 Å². The van der Waals surface area contributed by atoms with Crippen LogP contribution in [0.1, 0.15) is 15.9 Å². The lowest BCUT2D eigenvalue weighted by Gasteiger charge is -2.07. The Bertz CT molecular complexity index is 1550. The second kappa shape index (κ2) is 11.5. The maximum absolute atomic E-state index is 11.6. The van der Waals surface area contributed by atoms with E-state index in [9.17, 15) is 9.90 Å². The summed E-state index contributed by atoms with van der Waals surface area (Å²) < 4.78 is 0. The number of hydrazone groups is 1. The van der Waals surface area contributed by atoms with Crippen LogP contribution < -0.4 is 5.43 Å². The molecule has 1 heterocycles. The van der Waals surface area contributed by atoms with Crippen molar-refractivity contribution in [2.45, 2.75) is 0 Å². The van der Waals surface area contributed by atoms with Crippen molar-refractivity contribution in [1.82, 2.24) is 9.97 Å². The number of nitrogens with one attached hydrogen (secondary N) is 1. The first-order valence-electron chi connectivity index (χ1n) is 11.8. The second-order valence-corrected chi connectivity index (χ2v) is 8.13. The fourth-order valence-corrected chi connectivity index (χ4v) is 3.70. The van der Waals surface area contributed by atoms with Crippen molar-refractivity contribution in [3.05, 3.63) is 132 Å². The van der Waals surface area contributed by atoms with Crippen LogP contribution in [-0.2, 0) is 0 Å². The molecule has 0 unspecified atom stereocenters. The Labute approximate surface area is 219 Å². The van der Waals surface area contributed by atoms with Crippen LogP contribution in [0.3, 0.4) is 0 Å². The molecule has 4 aromatic carbocycles. The van der Waals surface area contributed by atoms with Crippen LogP contribution in [0.15, 0.2) is 137 Å². The Hall–Kier alpha value is -5.50. The number of carbonyl (C=O) groups is 1. The Morgan fingerprint density at radius 3 is 1.79 bits per heavy atom. The van der Waals surface area contributed by atoms with Crippen LogP contribution in [0.2, 0.25) is 0 Å². The zero-order valence-electron chi connectivity index (χ0n) is 20.1. The van der Waals surface area contributed by atoms with Gasteiger partial charge in [0.25, 0.3) is 5.95 Å². The van der Waals surface area contributed by atoms with Crippen LogP contribution in [0.5, 0.6) is 0 Å². The monoisotopic (exact) mass is 498 g/mol. The van der Waals surface area contributed by atoms with Crippen molar-refractivity contribution in [3.8, 4) is 22.5 Å². The molecule has 0 amide bonds. The molecule has 0 fully saturated rings. The molecule has 0 atom stereocenters. The van der Waals surface area contributed by atoms with Gasteiger partial charge >= 0.3 is 5.97 Å². The molecule has 5 rings (SSSR count). The molecule has 38 heavy (non-hydrogen) atoms. The predicted molar refractivity (Wildman–Crippen MR) is 147 cm³/mol. The van der Waals surface area contributed by atoms with E-state index in [1.807, 2.05) is 97.1 Å². The van der Waals surface area contributed by atoms with E-state index in [1.54, 1.807) is 18.2 Å². The molecule has 0 aliphatic carbocycles. The summed E-state index contributed by atoms with van der Waals surface area (Å²) in [6.45, 7) is 0. The summed E-state index contributed by atoms with van der Waals surface area (Å²) >= 11 is 0. The highest BCUT2D eigenvalue weighted by Gasteiger charge is 2.11. The maximum Gasteiger partial charge on any atom is 0.337 e. The molecule has 0 spiro atoms. The van der Waals surface area contributed by atoms with Crippen molar-refractivity contribution < 1.29 is 9.90 Å². The van der Waals surface area contributed by atoms with Crippen molar-refractivity contribution in [2.24, 2.45) is 15.3 Å². The van der Waals surface area contributed by atoms with Crippen LogP contribution >= 0.6 is 0 Å². The second-order valence-electron chi connectivity index (χ2n) is 8.13. The fraction of sp³-hybridized carbons (Fsp3) is 0. The van der Waals surface area contributed by atoms with E-state index in [4.69, 9.17) is 0 Å². The van der Waals surface area contributed by atoms with E-state index >= 15 is 0 Å². The number of rotatable bonds is 7. The van der Waals surface area contributed by atoms with E-state index in [0.717, 1.165) is 11.1 Å². The third-order valence-corrected chi connectivity index (χ3v) is 5.56. The average molecular weight is 499 g/mol. The summed E-state index contributed by atoms with van der Waals surface area (Å²) in [6, 6.07) is 37.2. The van der Waals surface area contributed by atoms with Crippen LogP contribution in [0.4, 0.5) is 11.6 Å². The average Bonchev–Trinajstić information content (AvgIpc) is 2.98. The lowest BCUT2D eigenvalue weighted by atomic mass is 10.1. The number of carboxylic acid groups (broad SMARTS) is 1. The molecule has 1 aromatic heterocycles. The van der Waals surface area contributed by atoms with Gasteiger partial charge in [0.2, 0.25) is 5.84 Å². The molecule has 0 radical (unpaired) electrons. The third-order valence-electron chi connectivity index (χ3n) is 5.56. The standard InChI is InChI=1S/C30H22N6O2/c37-29(38)24-18-10-11-19-25(24)33-34-28(23-16-8-3-9-17-23)35-36-30-31-26(21-12-4-1-5-13-21)20-27(32-30)22-14-6-2-7-15-22/h1-20,33H,(H,37,38)/b34-28+,36-35?. The molecule has 8 heteroatoms. The SMILES string of the molecule is O=C(O)c1ccccc1N/N=C(/N=Nc1nc(-c2ccccc2)cc(-c2ccccc2)n1)c1ccccc1. The molecule has 0 bridgehead atoms. The quantitative estimate of drug-likeness (QED) is 0.108. The molecule has 0 saturated carbocycles. The van der Waals surface area contributed by atoms with Crippen LogP contribution in [0.25, 0.3) is 22.5 Å². The summed E-state index contributed by atoms with van der Waals surface area (Å²) in [7, 11) is 0. The Balaban J connectivity index is 1.55. The summed E-state index contributed by atoms with van der Waals surface area (Å²) in [5.41, 5.74) is 7.18. The van der Waals surface area contributed by atoms with Gasteiger partial charge in [0.1, 0.15) is 0 Å². The summed E-state index contributed by atoms with van der Waals surface area (Å²) in [5.74, 6) is -0.661. The zero-order valence-corrected chi connectivity index (χ0v) is 20.1. The number of carboxylic acids is 1. The van der Waals surface area contributed by atoms with Gasteiger partial charge in [0, 0.05) is 16.7 Å². The predicted octanol–water partition coefficient (Wildman–Crippen LogP) is 7.07. The Kier molecular flexibility index (Phi) is 7.32. The Morgan fingerprint density at radius 1 is 0.684 bits per heavy atom. The number of aromatic nitrogens is 2. The van der Waals surface area contributed by atoms with Gasteiger partial charge in [-0.15, -0.1) is 10.2 Å². The van der Waals surface area contributed by atoms with Gasteiger partial charge in [0.05, 0.1) is 22.6 Å². The van der Waals surface area contributed by atoms with Gasteiger partial charge < -0.3 is 5.11 Å². The fourth-order valence-electron chi connectivity index (χ4n) is 3.70. The molecule has 2 N–H and O–H groups in total. The number of nitrogens with zero attached hydrogens (tertiary/aromatic N) is 5. The van der Waals surface area contributed by atoms with E-state index in [1.165, 1.54) is 6.07 Å².